The molecule has 3 nitrogen and oxygen atoms in total. The van der Waals surface area contributed by atoms with Gasteiger partial charge in [0.2, 0.25) is 0 Å². The summed E-state index contributed by atoms with van der Waals surface area (Å²) in [7, 11) is 0. The van der Waals surface area contributed by atoms with Gasteiger partial charge in [0.15, 0.2) is 0 Å². The summed E-state index contributed by atoms with van der Waals surface area (Å²) in [4.78, 5) is 0. The molecule has 0 amide bonds. The third kappa shape index (κ3) is 4.03. The second-order valence-electron chi connectivity index (χ2n) is 6.20. The molecule has 0 aliphatic heterocycles. The fourth-order valence-corrected chi connectivity index (χ4v) is 3.25. The number of rotatable bonds is 7. The summed E-state index contributed by atoms with van der Waals surface area (Å²) in [5, 5.41) is 14.3. The monoisotopic (exact) mass is 360 g/mol. The molecule has 132 valence electrons. The van der Waals surface area contributed by atoms with E-state index in [0.29, 0.717) is 18.1 Å². The fraction of sp³-hybridized carbons (Fsp3) is 0.300. The van der Waals surface area contributed by atoms with Crippen LogP contribution in [0.4, 0.5) is 4.39 Å². The van der Waals surface area contributed by atoms with Crippen LogP contribution in [0.3, 0.4) is 0 Å². The Hall–Kier alpha value is -1.88. The van der Waals surface area contributed by atoms with E-state index in [-0.39, 0.29) is 18.5 Å². The molecule has 1 aromatic heterocycles. The maximum atomic E-state index is 13.3. The van der Waals surface area contributed by atoms with Crippen LogP contribution in [0, 0.1) is 5.82 Å². The molecule has 0 saturated heterocycles. The molecule has 0 spiro atoms. The van der Waals surface area contributed by atoms with Gasteiger partial charge in [-0.3, -0.25) is 0 Å². The SMILES string of the molecule is CC[C@@H](CO)NCc1cn(Cc2ccc(F)cc2Cl)c2ccccc12. The molecule has 0 aliphatic carbocycles. The number of nitrogens with one attached hydrogen (secondary N) is 1. The van der Waals surface area contributed by atoms with Crippen LogP contribution in [0.1, 0.15) is 24.5 Å². The lowest BCUT2D eigenvalue weighted by molar-refractivity contribution is 0.238. The van der Waals surface area contributed by atoms with E-state index in [2.05, 4.69) is 28.2 Å². The Morgan fingerprint density at radius 2 is 2.00 bits per heavy atom. The van der Waals surface area contributed by atoms with Crippen molar-refractivity contribution >= 4 is 22.5 Å². The maximum absolute atomic E-state index is 13.3. The van der Waals surface area contributed by atoms with Gasteiger partial charge in [-0.2, -0.15) is 0 Å². The van der Waals surface area contributed by atoms with Crippen molar-refractivity contribution in [2.75, 3.05) is 6.61 Å². The molecule has 3 rings (SSSR count). The Morgan fingerprint density at radius 3 is 2.72 bits per heavy atom. The second kappa shape index (κ2) is 8.00. The molecule has 1 atom stereocenters. The molecule has 2 aromatic carbocycles. The molecule has 5 heteroatoms. The van der Waals surface area contributed by atoms with E-state index in [1.54, 1.807) is 6.07 Å². The molecule has 0 fully saturated rings. The van der Waals surface area contributed by atoms with Crippen LogP contribution in [0.25, 0.3) is 10.9 Å². The summed E-state index contributed by atoms with van der Waals surface area (Å²) in [6, 6.07) is 12.8. The third-order valence-electron chi connectivity index (χ3n) is 4.52. The van der Waals surface area contributed by atoms with Crippen molar-refractivity contribution in [3.05, 3.63) is 70.6 Å². The highest BCUT2D eigenvalue weighted by Crippen LogP contribution is 2.25. The number of para-hydroxylation sites is 1. The average molecular weight is 361 g/mol. The Bertz CT molecular complexity index is 858. The number of aromatic nitrogens is 1. The Labute approximate surface area is 152 Å². The predicted octanol–water partition coefficient (Wildman–Crippen LogP) is 4.34. The number of fused-ring (bicyclic) bond motifs is 1. The van der Waals surface area contributed by atoms with Crippen molar-refractivity contribution in [2.45, 2.75) is 32.5 Å². The first-order chi connectivity index (χ1) is 12.1. The van der Waals surface area contributed by atoms with E-state index in [4.69, 9.17) is 11.6 Å². The van der Waals surface area contributed by atoms with Crippen molar-refractivity contribution in [2.24, 2.45) is 0 Å². The number of nitrogens with zero attached hydrogens (tertiary/aromatic N) is 1. The number of aliphatic hydroxyl groups excluding tert-OH is 1. The lowest BCUT2D eigenvalue weighted by atomic mass is 10.1. The molecule has 25 heavy (non-hydrogen) atoms. The zero-order valence-electron chi connectivity index (χ0n) is 14.2. The molecule has 1 heterocycles. The number of halogens is 2. The van der Waals surface area contributed by atoms with Crippen molar-refractivity contribution in [3.8, 4) is 0 Å². The molecule has 0 radical (unpaired) electrons. The standard InChI is InChI=1S/C20H22ClFN2O/c1-2-17(13-25)23-10-15-12-24(20-6-4-3-5-18(15)20)11-14-7-8-16(22)9-19(14)21/h3-9,12,17,23,25H,2,10-11,13H2,1H3/t17-/m0/s1. The Balaban J connectivity index is 1.90. The van der Waals surface area contributed by atoms with Crippen molar-refractivity contribution in [1.29, 1.82) is 0 Å². The lowest BCUT2D eigenvalue weighted by Crippen LogP contribution is -2.31. The Kier molecular flexibility index (Phi) is 5.74. The molecule has 0 bridgehead atoms. The highest BCUT2D eigenvalue weighted by Gasteiger charge is 2.11. The molecular weight excluding hydrogens is 339 g/mol. The van der Waals surface area contributed by atoms with Gasteiger partial charge in [-0.05, 0) is 35.7 Å². The van der Waals surface area contributed by atoms with Crippen LogP contribution in [0.5, 0.6) is 0 Å². The van der Waals surface area contributed by atoms with Gasteiger partial charge in [0.1, 0.15) is 5.82 Å². The van der Waals surface area contributed by atoms with Gasteiger partial charge < -0.3 is 15.0 Å². The van der Waals surface area contributed by atoms with Gasteiger partial charge >= 0.3 is 0 Å². The van der Waals surface area contributed by atoms with Gasteiger partial charge in [-0.25, -0.2) is 4.39 Å². The first-order valence-corrected chi connectivity index (χ1v) is 8.85. The maximum Gasteiger partial charge on any atom is 0.124 e. The number of benzene rings is 2. The topological polar surface area (TPSA) is 37.2 Å². The van der Waals surface area contributed by atoms with Crippen molar-refractivity contribution < 1.29 is 9.50 Å². The number of aliphatic hydroxyl groups is 1. The van der Waals surface area contributed by atoms with Gasteiger partial charge in [-0.15, -0.1) is 0 Å². The normalized spacial score (nSPS) is 12.6. The van der Waals surface area contributed by atoms with E-state index in [1.165, 1.54) is 23.1 Å². The lowest BCUT2D eigenvalue weighted by Gasteiger charge is -2.13. The van der Waals surface area contributed by atoms with E-state index in [1.807, 2.05) is 19.1 Å². The molecule has 0 saturated carbocycles. The summed E-state index contributed by atoms with van der Waals surface area (Å²) in [5.74, 6) is -0.328. The van der Waals surface area contributed by atoms with Crippen LogP contribution in [0.2, 0.25) is 5.02 Å². The van der Waals surface area contributed by atoms with Crippen molar-refractivity contribution in [3.63, 3.8) is 0 Å². The summed E-state index contributed by atoms with van der Waals surface area (Å²) < 4.78 is 15.4. The smallest absolute Gasteiger partial charge is 0.124 e. The highest BCUT2D eigenvalue weighted by atomic mass is 35.5. The first kappa shape index (κ1) is 17.9. The molecular formula is C20H22ClFN2O. The Morgan fingerprint density at radius 1 is 1.20 bits per heavy atom. The highest BCUT2D eigenvalue weighted by molar-refractivity contribution is 6.31. The van der Waals surface area contributed by atoms with E-state index in [9.17, 15) is 9.50 Å². The fourth-order valence-electron chi connectivity index (χ4n) is 3.02. The minimum Gasteiger partial charge on any atom is -0.395 e. The van der Waals surface area contributed by atoms with Gasteiger partial charge in [0.25, 0.3) is 0 Å². The summed E-state index contributed by atoms with van der Waals surface area (Å²) in [6.45, 7) is 3.44. The molecule has 0 unspecified atom stereocenters. The average Bonchev–Trinajstić information content (AvgIpc) is 2.96. The first-order valence-electron chi connectivity index (χ1n) is 8.47. The van der Waals surface area contributed by atoms with Crippen molar-refractivity contribution in [1.82, 2.24) is 9.88 Å². The summed E-state index contributed by atoms with van der Waals surface area (Å²) in [6.07, 6.45) is 2.97. The van der Waals surface area contributed by atoms with Gasteiger partial charge in [0, 0.05) is 41.3 Å². The number of hydrogen-bond acceptors (Lipinski definition) is 2. The molecule has 3 aromatic rings. The van der Waals surface area contributed by atoms with Crippen LogP contribution < -0.4 is 5.32 Å². The largest absolute Gasteiger partial charge is 0.395 e. The number of hydrogen-bond donors (Lipinski definition) is 2. The van der Waals surface area contributed by atoms with E-state index < -0.39 is 0 Å². The third-order valence-corrected chi connectivity index (χ3v) is 4.87. The van der Waals surface area contributed by atoms with Gasteiger partial charge in [0.05, 0.1) is 6.61 Å². The van der Waals surface area contributed by atoms with Crippen LogP contribution in [-0.2, 0) is 13.1 Å². The quantitative estimate of drug-likeness (QED) is 0.657. The summed E-state index contributed by atoms with van der Waals surface area (Å²) >= 11 is 6.18. The minimum absolute atomic E-state index is 0.0913. The van der Waals surface area contributed by atoms with E-state index >= 15 is 0 Å². The second-order valence-corrected chi connectivity index (χ2v) is 6.61. The van der Waals surface area contributed by atoms with E-state index in [0.717, 1.165) is 17.5 Å². The van der Waals surface area contributed by atoms with Crippen LogP contribution >= 0.6 is 11.6 Å². The molecule has 2 N–H and O–H groups in total. The molecule has 0 aliphatic rings. The zero-order chi connectivity index (χ0) is 17.8. The zero-order valence-corrected chi connectivity index (χ0v) is 14.9. The predicted molar refractivity (Wildman–Crippen MR) is 100 cm³/mol. The van der Waals surface area contributed by atoms with Crippen LogP contribution in [0.15, 0.2) is 48.7 Å². The summed E-state index contributed by atoms with van der Waals surface area (Å²) in [5.41, 5.74) is 3.16. The van der Waals surface area contributed by atoms with Gasteiger partial charge in [-0.1, -0.05) is 42.8 Å². The minimum atomic E-state index is -0.328. The van der Waals surface area contributed by atoms with Crippen LogP contribution in [-0.4, -0.2) is 22.3 Å².